The summed E-state index contributed by atoms with van der Waals surface area (Å²) in [4.78, 5) is 19.4. The minimum atomic E-state index is -4.26. The smallest absolute Gasteiger partial charge is 0.258 e. The molecule has 1 amide bonds. The topological polar surface area (TPSA) is 111 Å². The lowest BCUT2D eigenvalue weighted by Crippen LogP contribution is -2.44. The van der Waals surface area contributed by atoms with E-state index >= 15 is 0 Å². The maximum Gasteiger partial charge on any atom is 0.258 e. The van der Waals surface area contributed by atoms with Gasteiger partial charge in [0.25, 0.3) is 5.91 Å². The fourth-order valence-corrected chi connectivity index (χ4v) is 6.22. The molecule has 0 saturated carbocycles. The molecule has 0 radical (unpaired) electrons. The molecular weight excluding hydrogens is 566 g/mol. The largest absolute Gasteiger partial charge is 0.383 e. The summed E-state index contributed by atoms with van der Waals surface area (Å²) in [6, 6.07) is 11.9. The van der Waals surface area contributed by atoms with Crippen LogP contribution >= 0.6 is 0 Å². The average Bonchev–Trinajstić information content (AvgIpc) is 3.37. The van der Waals surface area contributed by atoms with Gasteiger partial charge in [-0.3, -0.25) is 9.89 Å². The fourth-order valence-electron chi connectivity index (χ4n) is 4.89. The summed E-state index contributed by atoms with van der Waals surface area (Å²) >= 11 is 0. The normalized spacial score (nSPS) is 14.4. The van der Waals surface area contributed by atoms with Crippen LogP contribution < -0.4 is 15.1 Å². The summed E-state index contributed by atoms with van der Waals surface area (Å²) in [6.07, 6.45) is 0. The summed E-state index contributed by atoms with van der Waals surface area (Å²) in [7, 11) is 1.33. The molecular formula is C29H32F2N6O4S. The van der Waals surface area contributed by atoms with E-state index in [-0.39, 0.29) is 10.7 Å². The molecule has 0 spiro atoms. The van der Waals surface area contributed by atoms with Crippen LogP contribution in [0.4, 0.5) is 26.0 Å². The maximum absolute atomic E-state index is 13.8. The Bertz CT molecular complexity index is 1700. The molecule has 1 aliphatic heterocycles. The van der Waals surface area contributed by atoms with Gasteiger partial charge < -0.3 is 24.8 Å². The van der Waals surface area contributed by atoms with E-state index in [1.807, 2.05) is 24.1 Å². The van der Waals surface area contributed by atoms with Crippen LogP contribution in [-0.2, 0) is 14.6 Å². The number of amides is 1. The van der Waals surface area contributed by atoms with Crippen molar-refractivity contribution in [2.45, 2.75) is 9.79 Å². The summed E-state index contributed by atoms with van der Waals surface area (Å²) in [5.74, 6) is -2.33. The molecule has 2 heterocycles. The van der Waals surface area contributed by atoms with Crippen molar-refractivity contribution in [3.8, 4) is 0 Å². The van der Waals surface area contributed by atoms with Gasteiger partial charge in [0.15, 0.2) is 5.82 Å². The monoisotopic (exact) mass is 598 g/mol. The first-order valence-electron chi connectivity index (χ1n) is 13.3. The highest BCUT2D eigenvalue weighted by Gasteiger charge is 2.23. The van der Waals surface area contributed by atoms with Gasteiger partial charge in [0.2, 0.25) is 9.84 Å². The molecule has 10 nitrogen and oxygen atoms in total. The van der Waals surface area contributed by atoms with Gasteiger partial charge >= 0.3 is 0 Å². The van der Waals surface area contributed by atoms with E-state index in [0.717, 1.165) is 44.0 Å². The summed E-state index contributed by atoms with van der Waals surface area (Å²) in [6.45, 7) is 4.64. The lowest BCUT2D eigenvalue weighted by atomic mass is 10.1. The molecule has 0 unspecified atom stereocenters. The van der Waals surface area contributed by atoms with Crippen molar-refractivity contribution < 1.29 is 26.7 Å². The zero-order valence-electron chi connectivity index (χ0n) is 23.5. The van der Waals surface area contributed by atoms with Gasteiger partial charge in [-0.2, -0.15) is 5.10 Å². The lowest BCUT2D eigenvalue weighted by molar-refractivity contribution is 0.102. The second-order valence-corrected chi connectivity index (χ2v) is 12.2. The Balaban J connectivity index is 1.46. The molecule has 0 atom stereocenters. The number of carbonyl (C=O) groups is 1. The molecule has 3 aromatic carbocycles. The number of rotatable bonds is 9. The number of halogens is 2. The van der Waals surface area contributed by atoms with Crippen molar-refractivity contribution in [1.82, 2.24) is 15.1 Å². The van der Waals surface area contributed by atoms with Crippen LogP contribution in [0.2, 0.25) is 0 Å². The van der Waals surface area contributed by atoms with Gasteiger partial charge in [-0.25, -0.2) is 17.2 Å². The fraction of sp³-hybridized carbons (Fsp3) is 0.310. The number of anilines is 3. The summed E-state index contributed by atoms with van der Waals surface area (Å²) in [5.41, 5.74) is 2.59. The number of aromatic nitrogens is 2. The first kappa shape index (κ1) is 29.4. The molecule has 2 N–H and O–H groups in total. The Morgan fingerprint density at radius 3 is 2.43 bits per heavy atom. The molecule has 1 saturated heterocycles. The number of likely N-dealkylation sites (N-methyl/N-ethyl adjacent to an activating group) is 2. The highest BCUT2D eigenvalue weighted by Crippen LogP contribution is 2.31. The van der Waals surface area contributed by atoms with Crippen molar-refractivity contribution >= 4 is 43.8 Å². The van der Waals surface area contributed by atoms with E-state index in [2.05, 4.69) is 32.4 Å². The molecule has 1 fully saturated rings. The first-order chi connectivity index (χ1) is 20.1. The molecule has 5 rings (SSSR count). The van der Waals surface area contributed by atoms with Gasteiger partial charge in [-0.1, -0.05) is 0 Å². The number of nitrogens with zero attached hydrogens (tertiary/aromatic N) is 4. The van der Waals surface area contributed by atoms with Crippen molar-refractivity contribution in [1.29, 1.82) is 0 Å². The van der Waals surface area contributed by atoms with Crippen LogP contribution in [0.1, 0.15) is 10.4 Å². The minimum absolute atomic E-state index is 0.117. The number of methoxy groups -OCH3 is 1. The van der Waals surface area contributed by atoms with Gasteiger partial charge in [0, 0.05) is 64.0 Å². The maximum atomic E-state index is 13.8. The Hall–Kier alpha value is -4.07. The van der Waals surface area contributed by atoms with Crippen molar-refractivity contribution in [3.63, 3.8) is 0 Å². The van der Waals surface area contributed by atoms with Crippen molar-refractivity contribution in [3.05, 3.63) is 71.8 Å². The predicted molar refractivity (Wildman–Crippen MR) is 157 cm³/mol. The Kier molecular flexibility index (Phi) is 8.43. The minimum Gasteiger partial charge on any atom is -0.383 e. The molecule has 0 bridgehead atoms. The lowest BCUT2D eigenvalue weighted by Gasteiger charge is -2.35. The number of benzene rings is 3. The number of hydrogen-bond donors (Lipinski definition) is 2. The number of piperazine rings is 1. The van der Waals surface area contributed by atoms with E-state index in [0.29, 0.717) is 41.4 Å². The molecule has 42 heavy (non-hydrogen) atoms. The zero-order valence-corrected chi connectivity index (χ0v) is 24.3. The van der Waals surface area contributed by atoms with E-state index in [1.54, 1.807) is 13.2 Å². The third kappa shape index (κ3) is 6.08. The highest BCUT2D eigenvalue weighted by molar-refractivity contribution is 7.91. The third-order valence-electron chi connectivity index (χ3n) is 7.36. The Morgan fingerprint density at radius 1 is 1.02 bits per heavy atom. The summed E-state index contributed by atoms with van der Waals surface area (Å²) in [5, 5.41) is 10.1. The molecule has 13 heteroatoms. The molecule has 222 valence electrons. The SMILES string of the molecule is COCCN(C)c1cc(N2CCN(C)CC2)ccc1C(=O)Nc1n[nH]c2ccc(S(=O)(=O)c3cc(F)cc(F)c3)cc12. The van der Waals surface area contributed by atoms with Gasteiger partial charge in [0.1, 0.15) is 11.6 Å². The quantitative estimate of drug-likeness (QED) is 0.300. The van der Waals surface area contributed by atoms with Gasteiger partial charge in [0.05, 0.1) is 33.2 Å². The zero-order chi connectivity index (χ0) is 30.0. The Morgan fingerprint density at radius 2 is 1.74 bits per heavy atom. The van der Waals surface area contributed by atoms with E-state index in [1.165, 1.54) is 18.2 Å². The third-order valence-corrected chi connectivity index (χ3v) is 9.09. The average molecular weight is 599 g/mol. The van der Waals surface area contributed by atoms with E-state index in [9.17, 15) is 22.0 Å². The first-order valence-corrected chi connectivity index (χ1v) is 14.8. The van der Waals surface area contributed by atoms with Crippen molar-refractivity contribution in [2.24, 2.45) is 0 Å². The van der Waals surface area contributed by atoms with E-state index in [4.69, 9.17) is 4.74 Å². The highest BCUT2D eigenvalue weighted by atomic mass is 32.2. The molecule has 1 aliphatic rings. The number of hydrogen-bond acceptors (Lipinski definition) is 8. The van der Waals surface area contributed by atoms with E-state index < -0.39 is 32.3 Å². The standard InChI is InChI=1S/C29H32F2N6O4S/c1-35-8-10-37(11-9-35)21-4-6-24(27(17-21)36(2)12-13-41-3)29(38)32-28-25-18-22(5-7-26(25)33-34-28)42(39,40)23-15-19(30)14-20(31)16-23/h4-7,14-18H,8-13H2,1-3H3,(H2,32,33,34,38). The number of sulfone groups is 1. The molecule has 0 aliphatic carbocycles. The van der Waals surface area contributed by atoms with Gasteiger partial charge in [-0.05, 0) is 55.6 Å². The Labute approximate surface area is 242 Å². The van der Waals surface area contributed by atoms with Crippen LogP contribution in [0.15, 0.2) is 64.4 Å². The van der Waals surface area contributed by atoms with Gasteiger partial charge in [-0.15, -0.1) is 0 Å². The number of H-pyrrole nitrogens is 1. The second-order valence-electron chi connectivity index (χ2n) is 10.2. The summed E-state index contributed by atoms with van der Waals surface area (Å²) < 4.78 is 59.1. The van der Waals surface area contributed by atoms with Crippen LogP contribution in [0.5, 0.6) is 0 Å². The number of fused-ring (bicyclic) bond motifs is 1. The predicted octanol–water partition coefficient (Wildman–Crippen LogP) is 3.76. The van der Waals surface area contributed by atoms with Crippen LogP contribution in [0.25, 0.3) is 10.9 Å². The number of carbonyl (C=O) groups excluding carboxylic acids is 1. The number of aromatic amines is 1. The molecule has 1 aromatic heterocycles. The molecule has 4 aromatic rings. The number of ether oxygens (including phenoxy) is 1. The van der Waals surface area contributed by atoms with Crippen LogP contribution in [0.3, 0.4) is 0 Å². The number of nitrogens with one attached hydrogen (secondary N) is 2. The van der Waals surface area contributed by atoms with Crippen LogP contribution in [-0.4, -0.2) is 90.0 Å². The van der Waals surface area contributed by atoms with Crippen molar-refractivity contribution in [2.75, 3.05) is 75.7 Å². The second kappa shape index (κ2) is 12.0. The van der Waals surface area contributed by atoms with Crippen LogP contribution in [0, 0.1) is 11.6 Å².